The van der Waals surface area contributed by atoms with Crippen molar-refractivity contribution in [3.63, 3.8) is 0 Å². The minimum absolute atomic E-state index is 0.131. The quantitative estimate of drug-likeness (QED) is 0.402. The molecule has 0 radical (unpaired) electrons. The van der Waals surface area contributed by atoms with Gasteiger partial charge in [0.1, 0.15) is 17.1 Å². The number of hydrogen-bond donors (Lipinski definition) is 0. The molecule has 1 aromatic heterocycles. The highest BCUT2D eigenvalue weighted by atomic mass is 19.4. The lowest BCUT2D eigenvalue weighted by Crippen LogP contribution is -2.48. The molecule has 0 bridgehead atoms. The van der Waals surface area contributed by atoms with Gasteiger partial charge < -0.3 is 19.0 Å². The second-order valence-corrected chi connectivity index (χ2v) is 8.75. The molecule has 0 saturated carbocycles. The van der Waals surface area contributed by atoms with Gasteiger partial charge in [0, 0.05) is 55.0 Å². The summed E-state index contributed by atoms with van der Waals surface area (Å²) in [5.41, 5.74) is 3.25. The van der Waals surface area contributed by atoms with Crippen molar-refractivity contribution in [2.75, 3.05) is 37.7 Å². The van der Waals surface area contributed by atoms with Crippen molar-refractivity contribution in [1.82, 2.24) is 4.90 Å². The van der Waals surface area contributed by atoms with E-state index in [-0.39, 0.29) is 5.91 Å². The van der Waals surface area contributed by atoms with Gasteiger partial charge in [0.05, 0.1) is 12.2 Å². The first-order chi connectivity index (χ1) is 16.6. The van der Waals surface area contributed by atoms with Gasteiger partial charge in [-0.05, 0) is 63.1 Å². The van der Waals surface area contributed by atoms with Gasteiger partial charge in [-0.25, -0.2) is 0 Å². The number of carbonyl (C=O) groups excluding carboxylic acids is 1. The Kier molecular flexibility index (Phi) is 6.83. The highest BCUT2D eigenvalue weighted by Crippen LogP contribution is 2.35. The molecule has 4 rings (SSSR count). The number of nitrogens with zero attached hydrogens (tertiary/aromatic N) is 2. The van der Waals surface area contributed by atoms with Gasteiger partial charge in [0.25, 0.3) is 0 Å². The van der Waals surface area contributed by atoms with Crippen LogP contribution in [-0.4, -0.2) is 43.6 Å². The molecule has 8 heteroatoms. The van der Waals surface area contributed by atoms with Crippen LogP contribution in [0.4, 0.5) is 18.9 Å². The number of amides is 1. The van der Waals surface area contributed by atoms with Crippen LogP contribution >= 0.6 is 0 Å². The summed E-state index contributed by atoms with van der Waals surface area (Å²) in [4.78, 5) is 16.6. The van der Waals surface area contributed by atoms with Crippen molar-refractivity contribution >= 4 is 28.1 Å². The number of piperazine rings is 1. The molecule has 1 aliphatic rings. The van der Waals surface area contributed by atoms with Crippen LogP contribution in [0.25, 0.3) is 16.5 Å². The van der Waals surface area contributed by atoms with Crippen LogP contribution in [0.5, 0.6) is 5.75 Å². The standard InChI is InChI=1S/C27H29F3N2O3/c1-5-34-24-16-25-23(18(3)19(4)35-25)15-22(24)17(2)13-26(33)32-11-9-31(10-12-32)21-8-6-7-20(14-21)27(28,29)30/h6-8,13-16H,5,9-12H2,1-4H3/b17-13+. The van der Waals surface area contributed by atoms with E-state index >= 15 is 0 Å². The average molecular weight is 487 g/mol. The summed E-state index contributed by atoms with van der Waals surface area (Å²) in [6.45, 7) is 9.96. The number of fused-ring (bicyclic) bond motifs is 1. The number of allylic oxidation sites excluding steroid dienone is 1. The zero-order chi connectivity index (χ0) is 25.3. The number of furan rings is 1. The average Bonchev–Trinajstić information content (AvgIpc) is 3.10. The molecule has 1 aliphatic heterocycles. The molecule has 5 nitrogen and oxygen atoms in total. The van der Waals surface area contributed by atoms with Gasteiger partial charge in [0.15, 0.2) is 0 Å². The molecule has 1 amide bonds. The largest absolute Gasteiger partial charge is 0.493 e. The lowest BCUT2D eigenvalue weighted by Gasteiger charge is -2.36. The molecule has 0 atom stereocenters. The van der Waals surface area contributed by atoms with E-state index in [1.165, 1.54) is 6.07 Å². The minimum Gasteiger partial charge on any atom is -0.493 e. The molecule has 2 aromatic carbocycles. The SMILES string of the molecule is CCOc1cc2oc(C)c(C)c2cc1/C(C)=C/C(=O)N1CCN(c2cccc(C(F)(F)F)c2)CC1. The highest BCUT2D eigenvalue weighted by molar-refractivity contribution is 5.97. The highest BCUT2D eigenvalue weighted by Gasteiger charge is 2.31. The zero-order valence-electron chi connectivity index (χ0n) is 20.3. The summed E-state index contributed by atoms with van der Waals surface area (Å²) in [5, 5.41) is 0.982. The molecular formula is C27H29F3N2O3. The number of alkyl halides is 3. The normalized spacial score (nSPS) is 15.1. The zero-order valence-corrected chi connectivity index (χ0v) is 20.3. The van der Waals surface area contributed by atoms with Gasteiger partial charge >= 0.3 is 6.18 Å². The van der Waals surface area contributed by atoms with Crippen molar-refractivity contribution in [3.8, 4) is 5.75 Å². The van der Waals surface area contributed by atoms with Gasteiger partial charge in [-0.1, -0.05) is 6.07 Å². The fourth-order valence-electron chi connectivity index (χ4n) is 4.37. The molecule has 1 fully saturated rings. The molecule has 186 valence electrons. The molecule has 0 spiro atoms. The molecule has 1 saturated heterocycles. The number of rotatable bonds is 5. The molecule has 0 aliphatic carbocycles. The first-order valence-corrected chi connectivity index (χ1v) is 11.6. The van der Waals surface area contributed by atoms with Crippen LogP contribution < -0.4 is 9.64 Å². The first kappa shape index (κ1) is 24.7. The lowest BCUT2D eigenvalue weighted by atomic mass is 10.0. The van der Waals surface area contributed by atoms with E-state index in [0.29, 0.717) is 44.2 Å². The van der Waals surface area contributed by atoms with Crippen LogP contribution in [0.3, 0.4) is 0 Å². The number of hydrogen-bond acceptors (Lipinski definition) is 4. The van der Waals surface area contributed by atoms with E-state index in [2.05, 4.69) is 0 Å². The molecule has 3 aromatic rings. The molecule has 0 unspecified atom stereocenters. The Hall–Kier alpha value is -3.42. The smallest absolute Gasteiger partial charge is 0.416 e. The predicted molar refractivity (Wildman–Crippen MR) is 131 cm³/mol. The fraction of sp³-hybridized carbons (Fsp3) is 0.370. The van der Waals surface area contributed by atoms with Crippen LogP contribution in [0, 0.1) is 13.8 Å². The number of aryl methyl sites for hydroxylation is 2. The summed E-state index contributed by atoms with van der Waals surface area (Å²) in [6.07, 6.45) is -2.78. The van der Waals surface area contributed by atoms with Crippen LogP contribution in [-0.2, 0) is 11.0 Å². The van der Waals surface area contributed by atoms with Crippen molar-refractivity contribution in [2.45, 2.75) is 33.9 Å². The van der Waals surface area contributed by atoms with E-state index in [1.54, 1.807) is 17.0 Å². The van der Waals surface area contributed by atoms with Crippen molar-refractivity contribution in [1.29, 1.82) is 0 Å². The third kappa shape index (κ3) is 5.16. The van der Waals surface area contributed by atoms with Crippen molar-refractivity contribution in [3.05, 3.63) is 64.9 Å². The third-order valence-corrected chi connectivity index (χ3v) is 6.47. The van der Waals surface area contributed by atoms with Gasteiger partial charge in [-0.15, -0.1) is 0 Å². The maximum Gasteiger partial charge on any atom is 0.416 e. The number of benzene rings is 2. The molecule has 35 heavy (non-hydrogen) atoms. The van der Waals surface area contributed by atoms with Crippen molar-refractivity contribution in [2.24, 2.45) is 0 Å². The van der Waals surface area contributed by atoms with E-state index in [4.69, 9.17) is 9.15 Å². The second kappa shape index (κ2) is 9.68. The maximum atomic E-state index is 13.1. The van der Waals surface area contributed by atoms with E-state index in [9.17, 15) is 18.0 Å². The summed E-state index contributed by atoms with van der Waals surface area (Å²) in [6, 6.07) is 9.17. The Morgan fingerprint density at radius 2 is 1.83 bits per heavy atom. The van der Waals surface area contributed by atoms with Crippen LogP contribution in [0.15, 0.2) is 46.9 Å². The summed E-state index contributed by atoms with van der Waals surface area (Å²) in [5.74, 6) is 1.37. The van der Waals surface area contributed by atoms with Gasteiger partial charge in [0.2, 0.25) is 5.91 Å². The maximum absolute atomic E-state index is 13.1. The molecular weight excluding hydrogens is 457 g/mol. The Morgan fingerprint density at radius 1 is 1.11 bits per heavy atom. The monoisotopic (exact) mass is 486 g/mol. The summed E-state index contributed by atoms with van der Waals surface area (Å²) < 4.78 is 50.8. The number of anilines is 1. The Balaban J connectivity index is 1.50. The Morgan fingerprint density at radius 3 is 2.49 bits per heavy atom. The molecule has 0 N–H and O–H groups in total. The number of halogens is 3. The van der Waals surface area contributed by atoms with Gasteiger partial charge in [-0.3, -0.25) is 4.79 Å². The number of ether oxygens (including phenoxy) is 1. The van der Waals surface area contributed by atoms with E-state index < -0.39 is 11.7 Å². The van der Waals surface area contributed by atoms with Crippen LogP contribution in [0.2, 0.25) is 0 Å². The Bertz CT molecular complexity index is 1270. The third-order valence-electron chi connectivity index (χ3n) is 6.47. The molecule has 2 heterocycles. The first-order valence-electron chi connectivity index (χ1n) is 11.6. The minimum atomic E-state index is -4.38. The van der Waals surface area contributed by atoms with Crippen molar-refractivity contribution < 1.29 is 27.1 Å². The summed E-state index contributed by atoms with van der Waals surface area (Å²) >= 11 is 0. The van der Waals surface area contributed by atoms with E-state index in [0.717, 1.165) is 45.6 Å². The Labute approximate surface area is 202 Å². The van der Waals surface area contributed by atoms with E-state index in [1.807, 2.05) is 44.7 Å². The number of carbonyl (C=O) groups is 1. The van der Waals surface area contributed by atoms with Crippen LogP contribution in [0.1, 0.15) is 36.3 Å². The lowest BCUT2D eigenvalue weighted by molar-refractivity contribution is -0.137. The fourth-order valence-corrected chi connectivity index (χ4v) is 4.37. The predicted octanol–water partition coefficient (Wildman–Crippen LogP) is 6.22. The summed E-state index contributed by atoms with van der Waals surface area (Å²) in [7, 11) is 0. The topological polar surface area (TPSA) is 45.9 Å². The second-order valence-electron chi connectivity index (χ2n) is 8.75. The van der Waals surface area contributed by atoms with Gasteiger partial charge in [-0.2, -0.15) is 13.2 Å².